The van der Waals surface area contributed by atoms with Gasteiger partial charge in [0.1, 0.15) is 17.3 Å². The summed E-state index contributed by atoms with van der Waals surface area (Å²) in [6.45, 7) is 6.68. The number of anilines is 1. The summed E-state index contributed by atoms with van der Waals surface area (Å²) in [6, 6.07) is 10.5. The Bertz CT molecular complexity index is 565. The maximum absolute atomic E-state index is 13.2. The fraction of sp³-hybridized carbons (Fsp3) is 0.412. The van der Waals surface area contributed by atoms with Crippen molar-refractivity contribution >= 4 is 5.69 Å². The Labute approximate surface area is 125 Å². The van der Waals surface area contributed by atoms with Gasteiger partial charge in [0.15, 0.2) is 0 Å². The average molecular weight is 290 g/mol. The van der Waals surface area contributed by atoms with E-state index in [4.69, 9.17) is 4.42 Å². The molecule has 0 unspecified atom stereocenters. The number of furan rings is 1. The van der Waals surface area contributed by atoms with E-state index in [0.29, 0.717) is 12.5 Å². The minimum absolute atomic E-state index is 0.225. The van der Waals surface area contributed by atoms with E-state index in [1.165, 1.54) is 12.1 Å². The van der Waals surface area contributed by atoms with E-state index in [9.17, 15) is 4.39 Å². The van der Waals surface area contributed by atoms with Gasteiger partial charge in [-0.3, -0.25) is 0 Å². The Morgan fingerprint density at radius 1 is 1.19 bits per heavy atom. The van der Waals surface area contributed by atoms with Crippen LogP contribution in [0.15, 0.2) is 40.8 Å². The van der Waals surface area contributed by atoms with Gasteiger partial charge in [-0.15, -0.1) is 0 Å². The van der Waals surface area contributed by atoms with Gasteiger partial charge in [-0.1, -0.05) is 19.9 Å². The maximum Gasteiger partial charge on any atom is 0.125 e. The van der Waals surface area contributed by atoms with Crippen LogP contribution in [0.25, 0.3) is 0 Å². The number of halogens is 1. The first-order valence-electron chi connectivity index (χ1n) is 7.29. The van der Waals surface area contributed by atoms with Crippen LogP contribution in [0.2, 0.25) is 0 Å². The summed E-state index contributed by atoms with van der Waals surface area (Å²) in [7, 11) is 1.92. The van der Waals surface area contributed by atoms with Crippen molar-refractivity contribution in [1.82, 2.24) is 5.32 Å². The molecule has 0 spiro atoms. The van der Waals surface area contributed by atoms with Gasteiger partial charge in [0.25, 0.3) is 0 Å². The largest absolute Gasteiger partial charge is 0.463 e. The summed E-state index contributed by atoms with van der Waals surface area (Å²) in [5, 5.41) is 3.35. The van der Waals surface area contributed by atoms with Crippen molar-refractivity contribution in [3.05, 3.63) is 53.7 Å². The first-order valence-corrected chi connectivity index (χ1v) is 7.29. The second-order valence-corrected chi connectivity index (χ2v) is 5.73. The second-order valence-electron chi connectivity index (χ2n) is 5.73. The Balaban J connectivity index is 1.90. The Morgan fingerprint density at radius 2 is 1.95 bits per heavy atom. The zero-order valence-corrected chi connectivity index (χ0v) is 12.9. The molecule has 3 nitrogen and oxygen atoms in total. The summed E-state index contributed by atoms with van der Waals surface area (Å²) < 4.78 is 19.0. The molecule has 2 aromatic rings. The minimum Gasteiger partial charge on any atom is -0.463 e. The van der Waals surface area contributed by atoms with Gasteiger partial charge < -0.3 is 14.6 Å². The zero-order valence-electron chi connectivity index (χ0n) is 12.9. The van der Waals surface area contributed by atoms with Crippen molar-refractivity contribution in [3.8, 4) is 0 Å². The predicted octanol–water partition coefficient (Wildman–Crippen LogP) is 3.80. The highest BCUT2D eigenvalue weighted by Gasteiger charge is 2.07. The van der Waals surface area contributed by atoms with Gasteiger partial charge in [0, 0.05) is 12.7 Å². The lowest BCUT2D eigenvalue weighted by atomic mass is 10.2. The highest BCUT2D eigenvalue weighted by Crippen LogP contribution is 2.18. The molecule has 1 aromatic heterocycles. The van der Waals surface area contributed by atoms with Gasteiger partial charge in [0.2, 0.25) is 0 Å². The molecule has 2 rings (SSSR count). The Kier molecular flexibility index (Phi) is 5.39. The number of hydrogen-bond donors (Lipinski definition) is 1. The molecule has 0 radical (unpaired) electrons. The number of nitrogens with zero attached hydrogens (tertiary/aromatic N) is 1. The van der Waals surface area contributed by atoms with E-state index >= 15 is 0 Å². The Morgan fingerprint density at radius 3 is 2.67 bits per heavy atom. The number of nitrogens with one attached hydrogen (secondary N) is 1. The van der Waals surface area contributed by atoms with Crippen LogP contribution < -0.4 is 10.2 Å². The van der Waals surface area contributed by atoms with E-state index < -0.39 is 0 Å². The van der Waals surface area contributed by atoms with Crippen molar-refractivity contribution < 1.29 is 8.81 Å². The lowest BCUT2D eigenvalue weighted by molar-refractivity contribution is 0.435. The summed E-state index contributed by atoms with van der Waals surface area (Å²) in [5.74, 6) is 2.21. The number of hydrogen-bond acceptors (Lipinski definition) is 3. The van der Waals surface area contributed by atoms with Crippen molar-refractivity contribution in [1.29, 1.82) is 0 Å². The van der Waals surface area contributed by atoms with Crippen molar-refractivity contribution in [3.63, 3.8) is 0 Å². The summed E-state index contributed by atoms with van der Waals surface area (Å²) >= 11 is 0. The molecule has 0 saturated carbocycles. The molecule has 1 heterocycles. The molecule has 0 aliphatic heterocycles. The van der Waals surface area contributed by atoms with Crippen LogP contribution in [0, 0.1) is 11.7 Å². The SMILES string of the molecule is CC(C)CNCc1ccc(CN(C)c2cccc(F)c2)o1. The van der Waals surface area contributed by atoms with Gasteiger partial charge in [-0.25, -0.2) is 4.39 Å². The van der Waals surface area contributed by atoms with E-state index in [1.54, 1.807) is 6.07 Å². The molecule has 0 amide bonds. The minimum atomic E-state index is -0.225. The molecule has 1 N–H and O–H groups in total. The molecular weight excluding hydrogens is 267 g/mol. The zero-order chi connectivity index (χ0) is 15.2. The third-order valence-electron chi connectivity index (χ3n) is 3.21. The maximum atomic E-state index is 13.2. The number of rotatable bonds is 7. The van der Waals surface area contributed by atoms with Crippen LogP contribution in [-0.2, 0) is 13.1 Å². The van der Waals surface area contributed by atoms with E-state index in [-0.39, 0.29) is 5.82 Å². The molecule has 0 bridgehead atoms. The fourth-order valence-electron chi connectivity index (χ4n) is 2.12. The molecule has 0 aliphatic carbocycles. The predicted molar refractivity (Wildman–Crippen MR) is 83.8 cm³/mol. The summed E-state index contributed by atoms with van der Waals surface area (Å²) in [5.41, 5.74) is 0.839. The molecule has 1 aromatic carbocycles. The second kappa shape index (κ2) is 7.27. The van der Waals surface area contributed by atoms with Crippen molar-refractivity contribution in [2.75, 3.05) is 18.5 Å². The van der Waals surface area contributed by atoms with Crippen LogP contribution in [-0.4, -0.2) is 13.6 Å². The highest BCUT2D eigenvalue weighted by atomic mass is 19.1. The van der Waals surface area contributed by atoms with Crippen molar-refractivity contribution in [2.45, 2.75) is 26.9 Å². The van der Waals surface area contributed by atoms with Crippen LogP contribution in [0.4, 0.5) is 10.1 Å². The molecule has 4 heteroatoms. The van der Waals surface area contributed by atoms with Crippen LogP contribution >= 0.6 is 0 Å². The first kappa shape index (κ1) is 15.6. The normalized spacial score (nSPS) is 11.1. The molecule has 0 saturated heterocycles. The average Bonchev–Trinajstić information content (AvgIpc) is 2.86. The van der Waals surface area contributed by atoms with Crippen LogP contribution in [0.5, 0.6) is 0 Å². The molecular formula is C17H23FN2O. The van der Waals surface area contributed by atoms with E-state index in [1.807, 2.05) is 30.1 Å². The first-order chi connectivity index (χ1) is 10.0. The molecule has 21 heavy (non-hydrogen) atoms. The van der Waals surface area contributed by atoms with Gasteiger partial charge in [-0.2, -0.15) is 0 Å². The fourth-order valence-corrected chi connectivity index (χ4v) is 2.12. The number of benzene rings is 1. The van der Waals surface area contributed by atoms with Gasteiger partial charge in [-0.05, 0) is 42.8 Å². The van der Waals surface area contributed by atoms with Crippen LogP contribution in [0.1, 0.15) is 25.4 Å². The summed E-state index contributed by atoms with van der Waals surface area (Å²) in [4.78, 5) is 1.97. The van der Waals surface area contributed by atoms with Crippen molar-refractivity contribution in [2.24, 2.45) is 5.92 Å². The van der Waals surface area contributed by atoms with E-state index in [0.717, 1.165) is 30.3 Å². The lowest BCUT2D eigenvalue weighted by Gasteiger charge is -2.17. The van der Waals surface area contributed by atoms with Crippen LogP contribution in [0.3, 0.4) is 0 Å². The standard InChI is InChI=1S/C17H23FN2O/c1-13(2)10-19-11-16-7-8-17(21-16)12-20(3)15-6-4-5-14(18)9-15/h4-9,13,19H,10-12H2,1-3H3. The molecule has 0 atom stereocenters. The summed E-state index contributed by atoms with van der Waals surface area (Å²) in [6.07, 6.45) is 0. The van der Waals surface area contributed by atoms with E-state index in [2.05, 4.69) is 19.2 Å². The molecule has 0 aliphatic rings. The van der Waals surface area contributed by atoms with Gasteiger partial charge in [0.05, 0.1) is 13.1 Å². The molecule has 0 fully saturated rings. The third-order valence-corrected chi connectivity index (χ3v) is 3.21. The quantitative estimate of drug-likeness (QED) is 0.840. The lowest BCUT2D eigenvalue weighted by Crippen LogP contribution is -2.18. The topological polar surface area (TPSA) is 28.4 Å². The molecule has 114 valence electrons. The monoisotopic (exact) mass is 290 g/mol. The van der Waals surface area contributed by atoms with Gasteiger partial charge >= 0.3 is 0 Å². The third kappa shape index (κ3) is 4.90. The highest BCUT2D eigenvalue weighted by molar-refractivity contribution is 5.45. The Hall–Kier alpha value is -1.81. The smallest absolute Gasteiger partial charge is 0.125 e.